The van der Waals surface area contributed by atoms with Gasteiger partial charge in [-0.05, 0) is 197 Å². The van der Waals surface area contributed by atoms with Crippen molar-refractivity contribution in [2.75, 3.05) is 0 Å². The van der Waals surface area contributed by atoms with Crippen LogP contribution in [0.5, 0.6) is 0 Å². The minimum Gasteiger partial charge on any atom is -0.309 e. The van der Waals surface area contributed by atoms with E-state index in [0.29, 0.717) is 0 Å². The summed E-state index contributed by atoms with van der Waals surface area (Å²) in [6.45, 7) is 0. The number of hydrogen-bond donors (Lipinski definition) is 0. The number of aromatic nitrogens is 9. The molecule has 9 heteroatoms. The molecule has 0 unspecified atom stereocenters. The molecule has 0 spiro atoms. The molecule has 0 bridgehead atoms. The molecule has 0 fully saturated rings. The number of nitrogens with zero attached hydrogens (tertiary/aromatic N) is 9. The van der Waals surface area contributed by atoms with Crippen LogP contribution in [0.4, 0.5) is 0 Å². The van der Waals surface area contributed by atoms with Crippen molar-refractivity contribution in [1.29, 1.82) is 0 Å². The molecule has 684 valence electrons. The quantitative estimate of drug-likeness (QED) is 0.138. The molecule has 9 aromatic heterocycles. The van der Waals surface area contributed by atoms with E-state index in [1.807, 2.05) is 0 Å². The van der Waals surface area contributed by atoms with E-state index in [4.69, 9.17) is 0 Å². The first-order valence-electron chi connectivity index (χ1n) is 50.6. The fourth-order valence-corrected chi connectivity index (χ4v) is 25.2. The van der Waals surface area contributed by atoms with E-state index in [2.05, 4.69) is 569 Å². The molecule has 0 aliphatic carbocycles. The first-order chi connectivity index (χ1) is 73.0. The summed E-state index contributed by atoms with van der Waals surface area (Å²) in [6, 6.07) is 193. The van der Waals surface area contributed by atoms with Gasteiger partial charge in [0.25, 0.3) is 0 Å². The van der Waals surface area contributed by atoms with Crippen LogP contribution in [0.25, 0.3) is 280 Å². The fraction of sp³-hybridized carbons (Fsp3) is 0. The molecule has 24 aromatic carbocycles. The van der Waals surface area contributed by atoms with E-state index >= 15 is 0 Å². The first kappa shape index (κ1) is 82.0. The van der Waals surface area contributed by atoms with E-state index in [1.165, 1.54) is 263 Å². The Morgan fingerprint density at radius 3 is 0.653 bits per heavy atom. The average molecular weight is 1870 g/mol. The van der Waals surface area contributed by atoms with Crippen LogP contribution >= 0.6 is 0 Å². The van der Waals surface area contributed by atoms with Gasteiger partial charge in [0.2, 0.25) is 0 Å². The van der Waals surface area contributed by atoms with Gasteiger partial charge in [0.1, 0.15) is 0 Å². The normalized spacial score (nSPS) is 12.1. The zero-order chi connectivity index (χ0) is 96.2. The third kappa shape index (κ3) is 12.2. The molecule has 9 heterocycles. The lowest BCUT2D eigenvalue weighted by atomic mass is 10.1. The zero-order valence-electron chi connectivity index (χ0n) is 79.8. The Morgan fingerprint density at radius 1 is 0.0884 bits per heavy atom. The Bertz CT molecular complexity index is 11200. The van der Waals surface area contributed by atoms with Crippen molar-refractivity contribution in [1.82, 2.24) is 41.1 Å². The molecule has 9 nitrogen and oxygen atoms in total. The topological polar surface area (TPSA) is 44.4 Å². The van der Waals surface area contributed by atoms with Gasteiger partial charge in [-0.25, -0.2) is 0 Å². The summed E-state index contributed by atoms with van der Waals surface area (Å²) in [5.74, 6) is 0. The van der Waals surface area contributed by atoms with Gasteiger partial charge >= 0.3 is 0 Å². The minimum atomic E-state index is 1.14. The smallest absolute Gasteiger partial charge is 0.0562 e. The van der Waals surface area contributed by atoms with Crippen molar-refractivity contribution in [3.8, 4) is 51.2 Å². The molecule has 33 aromatic rings. The highest BCUT2D eigenvalue weighted by atomic mass is 15.1. The molecular weight excluding hydrogens is 1780 g/mol. The highest BCUT2D eigenvalue weighted by molar-refractivity contribution is 6.24. The van der Waals surface area contributed by atoms with Gasteiger partial charge < -0.3 is 41.1 Å². The molecule has 0 aliphatic rings. The van der Waals surface area contributed by atoms with Crippen LogP contribution in [0.1, 0.15) is 0 Å². The van der Waals surface area contributed by atoms with E-state index in [-0.39, 0.29) is 0 Å². The van der Waals surface area contributed by atoms with Crippen LogP contribution in [0, 0.1) is 0 Å². The number of benzene rings is 24. The SMILES string of the molecule is c1ccc2c(-n3c4ccccc4c4c(-n5c6ccccc6c6c(-n7c8ccccc8c8ccccc87)cccc65)cccc43)cccc2c1.c1ccc2c(-n3c4ccccc4c4cc(-n5c6ccccc6c6c(-n7c8ccccc8c8ccccc87)cccc65)ccc43)cccc2c1.c1ccc2cc(-n3c4ccccc4c4ccc(-n5c6ccccc6c6c(-n7c8ccccc8c8ccccc87)cccc65)cc43)ccc2c1. The van der Waals surface area contributed by atoms with Crippen LogP contribution < -0.4 is 0 Å². The second-order valence-electron chi connectivity index (χ2n) is 38.8. The lowest BCUT2D eigenvalue weighted by Crippen LogP contribution is -1.98. The third-order valence-electron chi connectivity index (χ3n) is 31.2. The third-order valence-corrected chi connectivity index (χ3v) is 31.2. The minimum absolute atomic E-state index is 1.14. The molecular formula is C138H87N9. The maximum Gasteiger partial charge on any atom is 0.0562 e. The molecule has 0 atom stereocenters. The zero-order valence-corrected chi connectivity index (χ0v) is 79.8. The van der Waals surface area contributed by atoms with Crippen molar-refractivity contribution in [2.45, 2.75) is 0 Å². The van der Waals surface area contributed by atoms with E-state index < -0.39 is 0 Å². The Labute approximate surface area is 842 Å². The highest BCUT2D eigenvalue weighted by Gasteiger charge is 2.29. The molecule has 0 N–H and O–H groups in total. The van der Waals surface area contributed by atoms with Gasteiger partial charge in [-0.1, -0.05) is 352 Å². The Morgan fingerprint density at radius 2 is 0.286 bits per heavy atom. The molecule has 147 heavy (non-hydrogen) atoms. The molecule has 0 aliphatic heterocycles. The fourth-order valence-electron chi connectivity index (χ4n) is 25.2. The average Bonchev–Trinajstić information content (AvgIpc) is 1.56. The predicted octanol–water partition coefficient (Wildman–Crippen LogP) is 36.4. The summed E-state index contributed by atoms with van der Waals surface area (Å²) in [5.41, 5.74) is 32.3. The summed E-state index contributed by atoms with van der Waals surface area (Å²) >= 11 is 0. The van der Waals surface area contributed by atoms with Crippen molar-refractivity contribution >= 4 is 229 Å². The summed E-state index contributed by atoms with van der Waals surface area (Å²) in [4.78, 5) is 0. The second-order valence-corrected chi connectivity index (χ2v) is 38.8. The van der Waals surface area contributed by atoms with Crippen LogP contribution in [0.15, 0.2) is 528 Å². The van der Waals surface area contributed by atoms with Gasteiger partial charge in [0, 0.05) is 125 Å². The van der Waals surface area contributed by atoms with Crippen LogP contribution in [-0.2, 0) is 0 Å². The Hall–Kier alpha value is -19.7. The molecule has 0 amide bonds. The van der Waals surface area contributed by atoms with Crippen molar-refractivity contribution in [3.05, 3.63) is 528 Å². The van der Waals surface area contributed by atoms with Crippen LogP contribution in [0.3, 0.4) is 0 Å². The highest BCUT2D eigenvalue weighted by Crippen LogP contribution is 2.49. The van der Waals surface area contributed by atoms with E-state index in [1.54, 1.807) is 0 Å². The van der Waals surface area contributed by atoms with Gasteiger partial charge in [-0.2, -0.15) is 0 Å². The Kier molecular flexibility index (Phi) is 18.1. The number of para-hydroxylation sites is 12. The summed E-state index contributed by atoms with van der Waals surface area (Å²) in [6.07, 6.45) is 0. The number of fused-ring (bicyclic) bond motifs is 30. The van der Waals surface area contributed by atoms with Crippen LogP contribution in [-0.4, -0.2) is 41.1 Å². The summed E-state index contributed by atoms with van der Waals surface area (Å²) in [5, 5.41) is 30.0. The molecule has 0 saturated carbocycles. The van der Waals surface area contributed by atoms with Gasteiger partial charge in [0.05, 0.1) is 133 Å². The largest absolute Gasteiger partial charge is 0.309 e. The molecule has 33 rings (SSSR count). The maximum absolute atomic E-state index is 2.49. The van der Waals surface area contributed by atoms with E-state index in [0.717, 1.165) is 17.1 Å². The monoisotopic (exact) mass is 1870 g/mol. The summed E-state index contributed by atoms with van der Waals surface area (Å²) in [7, 11) is 0. The number of rotatable bonds is 9. The lowest BCUT2D eigenvalue weighted by Gasteiger charge is -2.13. The molecule has 0 saturated heterocycles. The predicted molar refractivity (Wildman–Crippen MR) is 621 cm³/mol. The first-order valence-corrected chi connectivity index (χ1v) is 50.6. The standard InChI is InChI=1S/3C46H29N3/c1-2-16-31-30(14-1)15-11-25-36(31)47-39-23-9-5-19-34(39)45-41(47)26-12-28-43(45)49-40-24-10-6-20-35(40)46-42(27-13-29-44(46)49)48-37-21-7-3-17-32(37)33-18-4-8-22-38(33)48;1-2-15-32-30(13-1)14-11-24-38(32)48-41-22-9-5-18-35(41)37-29-31(27-28-43(37)48)47-42-23-10-6-19-36(42)46-44(47)25-12-26-45(46)49-39-20-7-3-16-33(39)34-17-4-8-21-40(34)49;1-2-13-31-28-32(25-24-30(31)12-1)48-39-18-7-3-16-36(39)37-27-26-33(29-45(37)48)47-42-21-10-6-17-38(42)46-43(47)22-11-23-44(46)49-40-19-8-4-14-34(40)35-15-5-9-20-41(35)49/h3*1-29H. The lowest BCUT2D eigenvalue weighted by molar-refractivity contribution is 1.15. The molecule has 0 radical (unpaired) electrons. The summed E-state index contributed by atoms with van der Waals surface area (Å²) < 4.78 is 22.1. The van der Waals surface area contributed by atoms with Crippen molar-refractivity contribution < 1.29 is 0 Å². The van der Waals surface area contributed by atoms with Gasteiger partial charge in [-0.3, -0.25) is 0 Å². The number of hydrogen-bond acceptors (Lipinski definition) is 0. The van der Waals surface area contributed by atoms with Crippen molar-refractivity contribution in [2.24, 2.45) is 0 Å². The maximum atomic E-state index is 2.49. The Balaban J connectivity index is 0.0000000999. The second kappa shape index (κ2) is 32.4. The van der Waals surface area contributed by atoms with Crippen molar-refractivity contribution in [3.63, 3.8) is 0 Å². The van der Waals surface area contributed by atoms with Gasteiger partial charge in [-0.15, -0.1) is 0 Å². The van der Waals surface area contributed by atoms with Crippen LogP contribution in [0.2, 0.25) is 0 Å². The van der Waals surface area contributed by atoms with E-state index in [9.17, 15) is 0 Å². The van der Waals surface area contributed by atoms with Gasteiger partial charge in [0.15, 0.2) is 0 Å².